The number of carbonyl (C=O) groups is 1. The molecule has 2 rings (SSSR count). The Morgan fingerprint density at radius 2 is 2.20 bits per heavy atom. The van der Waals surface area contributed by atoms with Crippen LogP contribution in [0.5, 0.6) is 5.75 Å². The molecule has 0 saturated carbocycles. The molecular weight excluding hydrogens is 254 g/mol. The van der Waals surface area contributed by atoms with Crippen molar-refractivity contribution in [3.63, 3.8) is 0 Å². The molecule has 20 heavy (non-hydrogen) atoms. The fourth-order valence-electron chi connectivity index (χ4n) is 2.38. The summed E-state index contributed by atoms with van der Waals surface area (Å²) in [6, 6.07) is 7.56. The first-order valence-electron chi connectivity index (χ1n) is 6.89. The van der Waals surface area contributed by atoms with E-state index in [9.17, 15) is 4.79 Å². The summed E-state index contributed by atoms with van der Waals surface area (Å²) in [5, 5.41) is 0. The van der Waals surface area contributed by atoms with Crippen LogP contribution < -0.4 is 4.74 Å². The molecule has 0 radical (unpaired) electrons. The molecule has 108 valence electrons. The molecule has 1 heterocycles. The summed E-state index contributed by atoms with van der Waals surface area (Å²) >= 11 is 0. The molecule has 0 spiro atoms. The van der Waals surface area contributed by atoms with E-state index in [2.05, 4.69) is 4.90 Å². The number of para-hydroxylation sites is 1. The second-order valence-electron chi connectivity index (χ2n) is 5.04. The van der Waals surface area contributed by atoms with Crippen LogP contribution in [0.25, 0.3) is 6.08 Å². The van der Waals surface area contributed by atoms with Crippen LogP contribution in [0, 0.1) is 0 Å². The summed E-state index contributed by atoms with van der Waals surface area (Å²) < 4.78 is 10.7. The van der Waals surface area contributed by atoms with Gasteiger partial charge in [-0.3, -0.25) is 0 Å². The average Bonchev–Trinajstić information content (AvgIpc) is 2.45. The standard InChI is InChI=1S/C16H21NO3/c1-17-11-5-7-14(12-17)20-16(18)10-9-13-6-3-4-8-15(13)19-2/h3-4,6,8-10,14H,5,7,11-12H2,1-2H3/b10-9+. The van der Waals surface area contributed by atoms with Gasteiger partial charge in [-0.25, -0.2) is 4.79 Å². The molecule has 1 aliphatic rings. The van der Waals surface area contributed by atoms with Gasteiger partial charge in [-0.15, -0.1) is 0 Å². The number of rotatable bonds is 4. The van der Waals surface area contributed by atoms with Crippen molar-refractivity contribution in [2.45, 2.75) is 18.9 Å². The zero-order valence-corrected chi connectivity index (χ0v) is 12.0. The molecular formula is C16H21NO3. The van der Waals surface area contributed by atoms with Crippen LogP contribution in [-0.2, 0) is 9.53 Å². The monoisotopic (exact) mass is 275 g/mol. The number of carbonyl (C=O) groups excluding carboxylic acids is 1. The van der Waals surface area contributed by atoms with Crippen molar-refractivity contribution in [3.05, 3.63) is 35.9 Å². The molecule has 1 aliphatic heterocycles. The van der Waals surface area contributed by atoms with Gasteiger partial charge in [0.25, 0.3) is 0 Å². The topological polar surface area (TPSA) is 38.8 Å². The molecule has 4 nitrogen and oxygen atoms in total. The van der Waals surface area contributed by atoms with Gasteiger partial charge in [0.15, 0.2) is 0 Å². The molecule has 1 fully saturated rings. The second-order valence-corrected chi connectivity index (χ2v) is 5.04. The summed E-state index contributed by atoms with van der Waals surface area (Å²) in [5.41, 5.74) is 0.868. The SMILES string of the molecule is COc1ccccc1/C=C/C(=O)OC1CCCN(C)C1. The van der Waals surface area contributed by atoms with E-state index in [0.717, 1.165) is 37.2 Å². The minimum absolute atomic E-state index is 0.00330. The maximum absolute atomic E-state index is 11.8. The Kier molecular flexibility index (Phi) is 5.18. The zero-order chi connectivity index (χ0) is 14.4. The van der Waals surface area contributed by atoms with Gasteiger partial charge in [0.2, 0.25) is 0 Å². The average molecular weight is 275 g/mol. The second kappa shape index (κ2) is 7.10. The largest absolute Gasteiger partial charge is 0.496 e. The Bertz CT molecular complexity index is 484. The third-order valence-corrected chi connectivity index (χ3v) is 3.40. The Hall–Kier alpha value is -1.81. The van der Waals surface area contributed by atoms with Crippen molar-refractivity contribution in [1.29, 1.82) is 0 Å². The van der Waals surface area contributed by atoms with Crippen LogP contribution in [0.1, 0.15) is 18.4 Å². The first kappa shape index (κ1) is 14.6. The summed E-state index contributed by atoms with van der Waals surface area (Å²) in [6.07, 6.45) is 5.22. The Morgan fingerprint density at radius 1 is 1.40 bits per heavy atom. The molecule has 0 bridgehead atoms. The summed E-state index contributed by atoms with van der Waals surface area (Å²) in [5.74, 6) is 0.449. The third kappa shape index (κ3) is 4.10. The third-order valence-electron chi connectivity index (χ3n) is 3.40. The van der Waals surface area contributed by atoms with Gasteiger partial charge in [-0.2, -0.15) is 0 Å². The van der Waals surface area contributed by atoms with Crippen LogP contribution in [0.3, 0.4) is 0 Å². The van der Waals surface area contributed by atoms with Gasteiger partial charge < -0.3 is 14.4 Å². The number of hydrogen-bond acceptors (Lipinski definition) is 4. The van der Waals surface area contributed by atoms with E-state index in [1.54, 1.807) is 13.2 Å². The van der Waals surface area contributed by atoms with E-state index >= 15 is 0 Å². The lowest BCUT2D eigenvalue weighted by Gasteiger charge is -2.28. The fourth-order valence-corrected chi connectivity index (χ4v) is 2.38. The van der Waals surface area contributed by atoms with Crippen molar-refractivity contribution in [2.75, 3.05) is 27.2 Å². The first-order chi connectivity index (χ1) is 9.69. The quantitative estimate of drug-likeness (QED) is 0.624. The predicted octanol–water partition coefficient (Wildman–Crippen LogP) is 2.35. The van der Waals surface area contributed by atoms with Crippen LogP contribution in [0.4, 0.5) is 0 Å². The van der Waals surface area contributed by atoms with Crippen LogP contribution >= 0.6 is 0 Å². The molecule has 0 N–H and O–H groups in total. The number of likely N-dealkylation sites (N-methyl/N-ethyl adjacent to an activating group) is 1. The highest BCUT2D eigenvalue weighted by atomic mass is 16.5. The normalized spacial score (nSPS) is 20.0. The van der Waals surface area contributed by atoms with Crippen LogP contribution in [-0.4, -0.2) is 44.2 Å². The number of piperidine rings is 1. The number of ether oxygens (including phenoxy) is 2. The molecule has 1 unspecified atom stereocenters. The van der Waals surface area contributed by atoms with Crippen molar-refractivity contribution in [3.8, 4) is 5.75 Å². The zero-order valence-electron chi connectivity index (χ0n) is 12.0. The Labute approximate surface area is 120 Å². The lowest BCUT2D eigenvalue weighted by molar-refractivity contribution is -0.145. The predicted molar refractivity (Wildman–Crippen MR) is 78.6 cm³/mol. The molecule has 1 aromatic carbocycles. The van der Waals surface area contributed by atoms with Gasteiger partial charge in [0, 0.05) is 18.2 Å². The Morgan fingerprint density at radius 3 is 2.95 bits per heavy atom. The number of methoxy groups -OCH3 is 1. The van der Waals surface area contributed by atoms with Gasteiger partial charge >= 0.3 is 5.97 Å². The maximum atomic E-state index is 11.8. The van der Waals surface area contributed by atoms with Crippen molar-refractivity contribution < 1.29 is 14.3 Å². The van der Waals surface area contributed by atoms with Gasteiger partial charge in [0.05, 0.1) is 7.11 Å². The first-order valence-corrected chi connectivity index (χ1v) is 6.89. The molecule has 0 aliphatic carbocycles. The number of esters is 1. The smallest absolute Gasteiger partial charge is 0.331 e. The van der Waals surface area contributed by atoms with Gasteiger partial charge in [0.1, 0.15) is 11.9 Å². The van der Waals surface area contributed by atoms with E-state index in [4.69, 9.17) is 9.47 Å². The minimum atomic E-state index is -0.295. The van der Waals surface area contributed by atoms with E-state index < -0.39 is 0 Å². The summed E-state index contributed by atoms with van der Waals surface area (Å²) in [4.78, 5) is 14.0. The van der Waals surface area contributed by atoms with E-state index in [1.807, 2.05) is 31.3 Å². The van der Waals surface area contributed by atoms with Crippen molar-refractivity contribution in [1.82, 2.24) is 4.90 Å². The summed E-state index contributed by atoms with van der Waals surface area (Å²) in [7, 11) is 3.66. The number of hydrogen-bond donors (Lipinski definition) is 0. The van der Waals surface area contributed by atoms with Crippen molar-refractivity contribution >= 4 is 12.0 Å². The molecule has 4 heteroatoms. The van der Waals surface area contributed by atoms with Crippen molar-refractivity contribution in [2.24, 2.45) is 0 Å². The molecule has 1 aromatic rings. The lowest BCUT2D eigenvalue weighted by atomic mass is 10.1. The van der Waals surface area contributed by atoms with E-state index in [0.29, 0.717) is 0 Å². The van der Waals surface area contributed by atoms with Gasteiger partial charge in [-0.1, -0.05) is 18.2 Å². The molecule has 0 aromatic heterocycles. The highest BCUT2D eigenvalue weighted by molar-refractivity contribution is 5.87. The van der Waals surface area contributed by atoms with E-state index in [1.165, 1.54) is 6.08 Å². The lowest BCUT2D eigenvalue weighted by Crippen LogP contribution is -2.37. The highest BCUT2D eigenvalue weighted by Crippen LogP contribution is 2.19. The highest BCUT2D eigenvalue weighted by Gasteiger charge is 2.19. The van der Waals surface area contributed by atoms with Gasteiger partial charge in [-0.05, 0) is 38.6 Å². The number of benzene rings is 1. The molecule has 1 atom stereocenters. The number of nitrogens with zero attached hydrogens (tertiary/aromatic N) is 1. The maximum Gasteiger partial charge on any atom is 0.331 e. The molecule has 1 saturated heterocycles. The van der Waals surface area contributed by atoms with Crippen LogP contribution in [0.15, 0.2) is 30.3 Å². The minimum Gasteiger partial charge on any atom is -0.496 e. The molecule has 0 amide bonds. The van der Waals surface area contributed by atoms with E-state index in [-0.39, 0.29) is 12.1 Å². The summed E-state index contributed by atoms with van der Waals surface area (Å²) in [6.45, 7) is 1.89. The fraction of sp³-hybridized carbons (Fsp3) is 0.438. The Balaban J connectivity index is 1.92. The van der Waals surface area contributed by atoms with Crippen LogP contribution in [0.2, 0.25) is 0 Å². The number of likely N-dealkylation sites (tertiary alicyclic amines) is 1.